The molecule has 0 aromatic carbocycles. The smallest absolute Gasteiger partial charge is 0.274 e. The van der Waals surface area contributed by atoms with E-state index in [-0.39, 0.29) is 29.9 Å². The first-order valence-electron chi connectivity index (χ1n) is 13.7. The number of fused-ring (bicyclic) bond motifs is 1. The molecule has 4 bridgehead atoms. The third-order valence-electron chi connectivity index (χ3n) is 9.30. The zero-order valence-electron chi connectivity index (χ0n) is 20.6. The largest absolute Gasteiger partial charge is 0.395 e. The predicted molar refractivity (Wildman–Crippen MR) is 134 cm³/mol. The lowest BCUT2D eigenvalue weighted by atomic mass is 9.49. The highest BCUT2D eigenvalue weighted by Gasteiger charge is 2.51. The molecule has 35 heavy (non-hydrogen) atoms. The second kappa shape index (κ2) is 9.23. The number of carbonyl (C=O) groups is 2. The summed E-state index contributed by atoms with van der Waals surface area (Å²) in [4.78, 5) is 33.0. The van der Waals surface area contributed by atoms with E-state index in [1.165, 1.54) is 44.9 Å². The summed E-state index contributed by atoms with van der Waals surface area (Å²) in [7, 11) is 0. The predicted octanol–water partition coefficient (Wildman–Crippen LogP) is 4.65. The SMILES string of the molecule is O=C(CC12CC3CC(CC(C3)C1)C2)Nc1cccc2nc(C(=O)N(CCO)C3CCCCC3)cn12. The number of aliphatic hydroxyl groups is 1. The lowest BCUT2D eigenvalue weighted by molar-refractivity contribution is -0.124. The Bertz CT molecular complexity index is 1070. The summed E-state index contributed by atoms with van der Waals surface area (Å²) in [5, 5.41) is 12.7. The number of amides is 2. The van der Waals surface area contributed by atoms with E-state index >= 15 is 0 Å². The molecule has 2 aromatic heterocycles. The van der Waals surface area contributed by atoms with Gasteiger partial charge in [0.1, 0.15) is 17.2 Å². The monoisotopic (exact) mass is 478 g/mol. The molecule has 7 nitrogen and oxygen atoms in total. The fraction of sp³-hybridized carbons (Fsp3) is 0.679. The van der Waals surface area contributed by atoms with Crippen molar-refractivity contribution in [3.63, 3.8) is 0 Å². The maximum Gasteiger partial charge on any atom is 0.274 e. The van der Waals surface area contributed by atoms with E-state index in [0.29, 0.717) is 30.1 Å². The van der Waals surface area contributed by atoms with Crippen molar-refractivity contribution in [3.8, 4) is 0 Å². The summed E-state index contributed by atoms with van der Waals surface area (Å²) in [5.74, 6) is 3.07. The van der Waals surface area contributed by atoms with E-state index in [4.69, 9.17) is 0 Å². The number of pyridine rings is 1. The summed E-state index contributed by atoms with van der Waals surface area (Å²) in [6.07, 6.45) is 15.5. The molecule has 5 aliphatic carbocycles. The molecule has 0 unspecified atom stereocenters. The molecular formula is C28H38N4O3. The first-order chi connectivity index (χ1) is 17.0. The van der Waals surface area contributed by atoms with Crippen LogP contribution in [0.25, 0.3) is 5.65 Å². The Kier molecular flexibility index (Phi) is 6.07. The number of hydrogen-bond acceptors (Lipinski definition) is 4. The van der Waals surface area contributed by atoms with Crippen LogP contribution >= 0.6 is 0 Å². The van der Waals surface area contributed by atoms with Crippen LogP contribution in [0.5, 0.6) is 0 Å². The highest BCUT2D eigenvalue weighted by atomic mass is 16.3. The van der Waals surface area contributed by atoms with Crippen LogP contribution < -0.4 is 5.32 Å². The zero-order valence-corrected chi connectivity index (χ0v) is 20.6. The number of aliphatic hydroxyl groups excluding tert-OH is 1. The van der Waals surface area contributed by atoms with E-state index in [2.05, 4.69) is 10.3 Å². The van der Waals surface area contributed by atoms with Gasteiger partial charge in [0.05, 0.1) is 6.61 Å². The standard InChI is InChI=1S/C28H38N4O3/c33-10-9-31(22-5-2-1-3-6-22)27(35)23-18-32-24(29-23)7-4-8-25(32)30-26(34)17-28-14-19-11-20(15-28)13-21(12-19)16-28/h4,7-8,18-22,33H,1-3,5-6,9-17H2,(H,30,34). The Morgan fingerprint density at radius 3 is 2.40 bits per heavy atom. The van der Waals surface area contributed by atoms with Crippen LogP contribution in [0.15, 0.2) is 24.4 Å². The number of carbonyl (C=O) groups excluding carboxylic acids is 2. The number of hydrogen-bond donors (Lipinski definition) is 2. The van der Waals surface area contributed by atoms with Gasteiger partial charge in [0.15, 0.2) is 0 Å². The number of anilines is 1. The van der Waals surface area contributed by atoms with Crippen molar-refractivity contribution >= 4 is 23.3 Å². The van der Waals surface area contributed by atoms with Gasteiger partial charge in [-0.25, -0.2) is 4.98 Å². The molecule has 0 aliphatic heterocycles. The van der Waals surface area contributed by atoms with E-state index in [1.54, 1.807) is 11.1 Å². The van der Waals surface area contributed by atoms with Gasteiger partial charge in [-0.05, 0) is 86.7 Å². The third-order valence-corrected chi connectivity index (χ3v) is 9.30. The first-order valence-corrected chi connectivity index (χ1v) is 13.7. The fourth-order valence-corrected chi connectivity index (χ4v) is 8.35. The summed E-state index contributed by atoms with van der Waals surface area (Å²) in [6.45, 7) is 0.271. The van der Waals surface area contributed by atoms with Gasteiger partial charge < -0.3 is 15.3 Å². The third kappa shape index (κ3) is 4.48. The van der Waals surface area contributed by atoms with Gasteiger partial charge in [0.25, 0.3) is 5.91 Å². The average molecular weight is 479 g/mol. The van der Waals surface area contributed by atoms with Gasteiger partial charge in [-0.2, -0.15) is 0 Å². The summed E-state index contributed by atoms with van der Waals surface area (Å²) < 4.78 is 1.82. The van der Waals surface area contributed by atoms with E-state index in [9.17, 15) is 14.7 Å². The zero-order chi connectivity index (χ0) is 24.0. The quantitative estimate of drug-likeness (QED) is 0.607. The molecule has 0 radical (unpaired) electrons. The molecule has 0 saturated heterocycles. The minimum atomic E-state index is -0.138. The van der Waals surface area contributed by atoms with E-state index in [0.717, 1.165) is 43.4 Å². The summed E-state index contributed by atoms with van der Waals surface area (Å²) in [5.41, 5.74) is 1.20. The molecule has 5 saturated carbocycles. The molecule has 188 valence electrons. The number of nitrogens with zero attached hydrogens (tertiary/aromatic N) is 3. The average Bonchev–Trinajstić information content (AvgIpc) is 3.27. The maximum atomic E-state index is 13.4. The van der Waals surface area contributed by atoms with Crippen LogP contribution in [0, 0.1) is 23.2 Å². The second-order valence-electron chi connectivity index (χ2n) is 11.9. The molecule has 2 amide bonds. The van der Waals surface area contributed by atoms with Crippen molar-refractivity contribution in [1.29, 1.82) is 0 Å². The lowest BCUT2D eigenvalue weighted by Crippen LogP contribution is -2.47. The summed E-state index contributed by atoms with van der Waals surface area (Å²) in [6, 6.07) is 5.78. The fourth-order valence-electron chi connectivity index (χ4n) is 8.35. The Balaban J connectivity index is 1.19. The number of imidazole rings is 1. The van der Waals surface area contributed by atoms with Crippen LogP contribution in [0.3, 0.4) is 0 Å². The highest BCUT2D eigenvalue weighted by molar-refractivity contribution is 5.94. The van der Waals surface area contributed by atoms with Gasteiger partial charge >= 0.3 is 0 Å². The van der Waals surface area contributed by atoms with Crippen LogP contribution in [0.2, 0.25) is 0 Å². The Morgan fingerprint density at radius 1 is 1.06 bits per heavy atom. The molecule has 7 heteroatoms. The van der Waals surface area contributed by atoms with Crippen LogP contribution in [-0.4, -0.2) is 50.4 Å². The van der Waals surface area contributed by atoms with Gasteiger partial charge in [-0.1, -0.05) is 25.3 Å². The van der Waals surface area contributed by atoms with Crippen molar-refractivity contribution in [2.45, 2.75) is 83.1 Å². The minimum Gasteiger partial charge on any atom is -0.395 e. The molecule has 5 aliphatic rings. The van der Waals surface area contributed by atoms with Crippen molar-refractivity contribution in [3.05, 3.63) is 30.1 Å². The number of nitrogens with one attached hydrogen (secondary N) is 1. The molecule has 5 fully saturated rings. The first kappa shape index (κ1) is 23.0. The van der Waals surface area contributed by atoms with Crippen molar-refractivity contribution in [2.75, 3.05) is 18.5 Å². The van der Waals surface area contributed by atoms with Crippen molar-refractivity contribution < 1.29 is 14.7 Å². The van der Waals surface area contributed by atoms with Gasteiger partial charge in [-0.15, -0.1) is 0 Å². The van der Waals surface area contributed by atoms with Crippen molar-refractivity contribution in [2.24, 2.45) is 23.2 Å². The molecule has 0 spiro atoms. The van der Waals surface area contributed by atoms with Gasteiger partial charge in [-0.3, -0.25) is 14.0 Å². The minimum absolute atomic E-state index is 0.0543. The maximum absolute atomic E-state index is 13.4. The van der Waals surface area contributed by atoms with Crippen LogP contribution in [0.4, 0.5) is 5.82 Å². The molecular weight excluding hydrogens is 440 g/mol. The molecule has 0 atom stereocenters. The van der Waals surface area contributed by atoms with Crippen LogP contribution in [0.1, 0.15) is 87.5 Å². The van der Waals surface area contributed by atoms with E-state index in [1.807, 2.05) is 22.6 Å². The molecule has 2 heterocycles. The molecule has 2 aromatic rings. The van der Waals surface area contributed by atoms with Crippen molar-refractivity contribution in [1.82, 2.24) is 14.3 Å². The Morgan fingerprint density at radius 2 is 1.74 bits per heavy atom. The summed E-state index contributed by atoms with van der Waals surface area (Å²) >= 11 is 0. The normalized spacial score (nSPS) is 30.0. The topological polar surface area (TPSA) is 86.9 Å². The second-order valence-corrected chi connectivity index (χ2v) is 11.9. The highest BCUT2D eigenvalue weighted by Crippen LogP contribution is 2.61. The van der Waals surface area contributed by atoms with Gasteiger partial charge in [0, 0.05) is 25.2 Å². The Hall–Kier alpha value is -2.41. The van der Waals surface area contributed by atoms with Crippen LogP contribution in [-0.2, 0) is 4.79 Å². The lowest BCUT2D eigenvalue weighted by Gasteiger charge is -2.56. The Labute approximate surface area is 207 Å². The van der Waals surface area contributed by atoms with E-state index < -0.39 is 0 Å². The molecule has 7 rings (SSSR count). The van der Waals surface area contributed by atoms with Gasteiger partial charge in [0.2, 0.25) is 5.91 Å². The molecule has 2 N–H and O–H groups in total. The number of aromatic nitrogens is 2. The number of rotatable bonds is 7.